The molecule has 14 nitrogen and oxygen atoms in total. The largest absolute Gasteiger partial charge is 0.496 e. The molecule has 3 rings (SSSR count). The summed E-state index contributed by atoms with van der Waals surface area (Å²) in [5.41, 5.74) is 6.71. The molecule has 1 aliphatic heterocycles. The first-order valence-corrected chi connectivity index (χ1v) is 13.7. The van der Waals surface area contributed by atoms with Crippen molar-refractivity contribution in [3.05, 3.63) is 22.7 Å². The van der Waals surface area contributed by atoms with Crippen LogP contribution < -0.4 is 10.5 Å². The smallest absolute Gasteiger partial charge is 0.394 e. The fraction of sp³-hybridized carbons (Fsp3) is 0.632. The Bertz CT molecular complexity index is 1020. The molecule has 0 bridgehead atoms. The molecule has 8 N–H and O–H groups in total. The number of nitrogens with two attached hydrogens (primary N) is 1. The molecule has 1 aromatic carbocycles. The molecule has 2 aliphatic rings. The first-order chi connectivity index (χ1) is 16.0. The van der Waals surface area contributed by atoms with Crippen molar-refractivity contribution in [2.45, 2.75) is 50.6 Å². The SMILES string of the molecule is COc1cc(N)c(Cl)cc1C(=O)N(C)C1CCN(C2CCCCC2)C1.O.O=S(=O)(O)O.O=S(=O)(O)O. The van der Waals surface area contributed by atoms with Gasteiger partial charge in [0.2, 0.25) is 0 Å². The lowest BCUT2D eigenvalue weighted by Crippen LogP contribution is -2.41. The van der Waals surface area contributed by atoms with Gasteiger partial charge in [-0.2, -0.15) is 16.8 Å². The number of likely N-dealkylation sites (tertiary alicyclic amines) is 1. The van der Waals surface area contributed by atoms with Gasteiger partial charge in [0.25, 0.3) is 5.91 Å². The van der Waals surface area contributed by atoms with E-state index in [4.69, 9.17) is 57.1 Å². The maximum atomic E-state index is 13.0. The highest BCUT2D eigenvalue weighted by Crippen LogP contribution is 2.31. The average Bonchev–Trinajstić information content (AvgIpc) is 3.23. The first-order valence-electron chi connectivity index (χ1n) is 10.5. The highest BCUT2D eigenvalue weighted by Gasteiger charge is 2.33. The lowest BCUT2D eigenvalue weighted by atomic mass is 9.94. The van der Waals surface area contributed by atoms with E-state index in [2.05, 4.69) is 4.90 Å². The number of anilines is 1. The predicted molar refractivity (Wildman–Crippen MR) is 133 cm³/mol. The van der Waals surface area contributed by atoms with Crippen LogP contribution in [0.25, 0.3) is 0 Å². The van der Waals surface area contributed by atoms with Crippen LogP contribution in [0.15, 0.2) is 12.1 Å². The number of benzene rings is 1. The van der Waals surface area contributed by atoms with Crippen LogP contribution in [0.4, 0.5) is 5.69 Å². The van der Waals surface area contributed by atoms with Gasteiger partial charge in [-0.1, -0.05) is 30.9 Å². The normalized spacial score (nSPS) is 18.6. The number of hydrogen-bond acceptors (Lipinski definition) is 8. The Balaban J connectivity index is 0.000000949. The third-order valence-electron chi connectivity index (χ3n) is 5.70. The minimum Gasteiger partial charge on any atom is -0.496 e. The Labute approximate surface area is 215 Å². The lowest BCUT2D eigenvalue weighted by Gasteiger charge is -2.32. The van der Waals surface area contributed by atoms with Gasteiger partial charge < -0.3 is 20.8 Å². The second kappa shape index (κ2) is 14.8. The van der Waals surface area contributed by atoms with Crippen LogP contribution in [-0.4, -0.2) is 95.6 Å². The van der Waals surface area contributed by atoms with E-state index in [0.29, 0.717) is 28.1 Å². The number of amides is 1. The van der Waals surface area contributed by atoms with Crippen molar-refractivity contribution in [1.82, 2.24) is 9.80 Å². The Morgan fingerprint density at radius 2 is 1.56 bits per heavy atom. The van der Waals surface area contributed by atoms with Crippen molar-refractivity contribution in [3.63, 3.8) is 0 Å². The summed E-state index contributed by atoms with van der Waals surface area (Å²) in [6.45, 7) is 2.03. The maximum Gasteiger partial charge on any atom is 0.394 e. The monoisotopic (exact) mass is 579 g/mol. The van der Waals surface area contributed by atoms with Crippen LogP contribution in [0.5, 0.6) is 5.75 Å². The summed E-state index contributed by atoms with van der Waals surface area (Å²) in [4.78, 5) is 17.4. The van der Waals surface area contributed by atoms with Crippen molar-refractivity contribution in [2.75, 3.05) is 33.0 Å². The van der Waals surface area contributed by atoms with Crippen molar-refractivity contribution in [2.24, 2.45) is 0 Å². The van der Waals surface area contributed by atoms with Gasteiger partial charge in [0, 0.05) is 38.3 Å². The number of carbonyl (C=O) groups is 1. The van der Waals surface area contributed by atoms with Gasteiger partial charge in [-0.15, -0.1) is 0 Å². The Morgan fingerprint density at radius 3 is 2.03 bits per heavy atom. The molecule has 0 radical (unpaired) electrons. The van der Waals surface area contributed by atoms with E-state index in [-0.39, 0.29) is 17.4 Å². The fourth-order valence-electron chi connectivity index (χ4n) is 4.12. The van der Waals surface area contributed by atoms with E-state index in [1.165, 1.54) is 32.1 Å². The molecule has 2 fully saturated rings. The third kappa shape index (κ3) is 13.0. The number of rotatable bonds is 4. The molecule has 17 heteroatoms. The molecular weight excluding hydrogens is 546 g/mol. The van der Waals surface area contributed by atoms with Gasteiger partial charge >= 0.3 is 20.8 Å². The van der Waals surface area contributed by atoms with Crippen molar-refractivity contribution < 1.29 is 50.1 Å². The number of hydrogen-bond donors (Lipinski definition) is 5. The van der Waals surface area contributed by atoms with Gasteiger partial charge in [-0.3, -0.25) is 27.9 Å². The second-order valence-corrected chi connectivity index (χ2v) is 10.3. The number of nitrogens with zero attached hydrogens (tertiary/aromatic N) is 2. The molecule has 1 aromatic rings. The number of methoxy groups -OCH3 is 1. The molecule has 1 heterocycles. The Hall–Kier alpha value is -1.76. The summed E-state index contributed by atoms with van der Waals surface area (Å²) in [7, 11) is -5.92. The quantitative estimate of drug-likeness (QED) is 0.250. The van der Waals surface area contributed by atoms with Gasteiger partial charge in [0.05, 0.1) is 23.4 Å². The van der Waals surface area contributed by atoms with Crippen molar-refractivity contribution in [3.8, 4) is 5.75 Å². The van der Waals surface area contributed by atoms with Crippen LogP contribution in [-0.2, 0) is 20.8 Å². The summed E-state index contributed by atoms with van der Waals surface area (Å²) in [6, 6.07) is 4.16. The summed E-state index contributed by atoms with van der Waals surface area (Å²) in [5, 5.41) is 0.382. The molecule has 1 atom stereocenters. The molecule has 36 heavy (non-hydrogen) atoms. The van der Waals surface area contributed by atoms with Gasteiger partial charge in [-0.05, 0) is 25.3 Å². The van der Waals surface area contributed by atoms with Gasteiger partial charge in [0.15, 0.2) is 0 Å². The molecular formula is C19H34ClN3O11S2. The molecule has 1 unspecified atom stereocenters. The van der Waals surface area contributed by atoms with Crippen LogP contribution in [0.3, 0.4) is 0 Å². The molecule has 0 spiro atoms. The predicted octanol–water partition coefficient (Wildman–Crippen LogP) is 1.28. The van der Waals surface area contributed by atoms with Crippen LogP contribution in [0.1, 0.15) is 48.9 Å². The maximum absolute atomic E-state index is 13.0. The lowest BCUT2D eigenvalue weighted by molar-refractivity contribution is 0.0723. The minimum atomic E-state index is -4.67. The fourth-order valence-corrected chi connectivity index (χ4v) is 4.29. The number of carbonyl (C=O) groups excluding carboxylic acids is 1. The van der Waals surface area contributed by atoms with Crippen LogP contribution in [0.2, 0.25) is 5.02 Å². The zero-order valence-corrected chi connectivity index (χ0v) is 22.3. The van der Waals surface area contributed by atoms with E-state index in [9.17, 15) is 4.79 Å². The third-order valence-corrected chi connectivity index (χ3v) is 6.03. The molecule has 0 aromatic heterocycles. The van der Waals surface area contributed by atoms with E-state index in [1.54, 1.807) is 19.2 Å². The summed E-state index contributed by atoms with van der Waals surface area (Å²) >= 11 is 6.12. The molecule has 1 amide bonds. The Morgan fingerprint density at radius 1 is 1.06 bits per heavy atom. The molecule has 1 saturated heterocycles. The molecule has 210 valence electrons. The summed E-state index contributed by atoms with van der Waals surface area (Å²) in [6.07, 6.45) is 7.65. The zero-order chi connectivity index (χ0) is 27.0. The zero-order valence-electron chi connectivity index (χ0n) is 19.9. The highest BCUT2D eigenvalue weighted by molar-refractivity contribution is 7.80. The van der Waals surface area contributed by atoms with Gasteiger partial charge in [-0.25, -0.2) is 0 Å². The number of ether oxygens (including phenoxy) is 1. The molecule has 1 aliphatic carbocycles. The standard InChI is InChI=1S/C19H28ClN3O2.2H2O4S.H2O/c1-22(14-8-9-23(12-14)13-6-4-3-5-7-13)19(24)15-10-16(20)17(21)11-18(15)25-2;2*1-5(2,3)4;/h10-11,13-14H,3-9,12,21H2,1-2H3;2*(H2,1,2,3,4);1H2. The van der Waals surface area contributed by atoms with Crippen LogP contribution in [0, 0.1) is 0 Å². The van der Waals surface area contributed by atoms with E-state index in [0.717, 1.165) is 19.5 Å². The van der Waals surface area contributed by atoms with Gasteiger partial charge in [0.1, 0.15) is 5.75 Å². The highest BCUT2D eigenvalue weighted by atomic mass is 35.5. The number of halogens is 1. The number of likely N-dealkylation sites (N-methyl/N-ethyl adjacent to an activating group) is 1. The Kier molecular flexibility index (Phi) is 14.1. The summed E-state index contributed by atoms with van der Waals surface area (Å²) < 4.78 is 68.5. The van der Waals surface area contributed by atoms with E-state index in [1.807, 2.05) is 11.9 Å². The average molecular weight is 580 g/mol. The van der Waals surface area contributed by atoms with Crippen molar-refractivity contribution in [1.29, 1.82) is 0 Å². The van der Waals surface area contributed by atoms with Crippen molar-refractivity contribution >= 4 is 44.0 Å². The minimum absolute atomic E-state index is 0. The van der Waals surface area contributed by atoms with E-state index < -0.39 is 20.8 Å². The number of nitrogen functional groups attached to an aromatic ring is 1. The topological polar surface area (TPSA) is 239 Å². The molecule has 1 saturated carbocycles. The summed E-state index contributed by atoms with van der Waals surface area (Å²) in [5.74, 6) is 0.412. The van der Waals surface area contributed by atoms with Crippen LogP contribution >= 0.6 is 11.6 Å². The second-order valence-electron chi connectivity index (χ2n) is 8.11. The van der Waals surface area contributed by atoms with E-state index >= 15 is 0 Å². The first kappa shape index (κ1) is 34.2.